The SMILES string of the molecule is COC1(CNc2cc(-c3cc(NC(=O)C4CCC(C)NC4)ncc3Cl)ccc2F)CCOCC1. The van der Waals surface area contributed by atoms with Gasteiger partial charge in [0.25, 0.3) is 0 Å². The van der Waals surface area contributed by atoms with Gasteiger partial charge in [-0.3, -0.25) is 4.79 Å². The smallest absolute Gasteiger partial charge is 0.229 e. The van der Waals surface area contributed by atoms with Gasteiger partial charge in [0.1, 0.15) is 11.6 Å². The molecule has 2 fully saturated rings. The second kappa shape index (κ2) is 11.0. The number of aromatic nitrogens is 1. The number of piperidine rings is 1. The number of anilines is 2. The lowest BCUT2D eigenvalue weighted by molar-refractivity contribution is -0.120. The quantitative estimate of drug-likeness (QED) is 0.531. The van der Waals surface area contributed by atoms with Crippen LogP contribution in [0.2, 0.25) is 5.02 Å². The Morgan fingerprint density at radius 3 is 2.82 bits per heavy atom. The predicted octanol–water partition coefficient (Wildman–Crippen LogP) is 4.48. The van der Waals surface area contributed by atoms with Crippen LogP contribution in [-0.4, -0.2) is 55.9 Å². The molecule has 2 saturated heterocycles. The first-order chi connectivity index (χ1) is 16.4. The number of benzene rings is 1. The van der Waals surface area contributed by atoms with E-state index in [2.05, 4.69) is 27.9 Å². The average Bonchev–Trinajstić information content (AvgIpc) is 2.86. The maximum atomic E-state index is 14.6. The highest BCUT2D eigenvalue weighted by molar-refractivity contribution is 6.33. The van der Waals surface area contributed by atoms with E-state index in [1.165, 1.54) is 12.3 Å². The first-order valence-electron chi connectivity index (χ1n) is 11.8. The van der Waals surface area contributed by atoms with Gasteiger partial charge in [0.05, 0.1) is 22.2 Å². The molecule has 0 radical (unpaired) electrons. The fourth-order valence-electron chi connectivity index (χ4n) is 4.46. The molecule has 3 N–H and O–H groups in total. The zero-order valence-corrected chi connectivity index (χ0v) is 20.4. The molecule has 1 aromatic carbocycles. The molecule has 2 aliphatic heterocycles. The van der Waals surface area contributed by atoms with Crippen LogP contribution in [0.3, 0.4) is 0 Å². The van der Waals surface area contributed by atoms with E-state index in [1.54, 1.807) is 25.3 Å². The van der Waals surface area contributed by atoms with Gasteiger partial charge in [-0.15, -0.1) is 0 Å². The summed E-state index contributed by atoms with van der Waals surface area (Å²) in [6.45, 7) is 4.47. The minimum atomic E-state index is -0.391. The van der Waals surface area contributed by atoms with Crippen molar-refractivity contribution >= 4 is 29.0 Å². The number of methoxy groups -OCH3 is 1. The standard InChI is InChI=1S/C25H32ClFN4O3/c1-16-3-4-18(13-28-16)24(32)31-23-12-19(20(26)14-29-23)17-5-6-21(27)22(11-17)30-15-25(33-2)7-9-34-10-8-25/h5-6,11-12,14,16,18,28,30H,3-4,7-10,13,15H2,1-2H3,(H,29,31,32). The number of nitrogens with one attached hydrogen (secondary N) is 3. The van der Waals surface area contributed by atoms with Crippen molar-refractivity contribution < 1.29 is 18.7 Å². The van der Waals surface area contributed by atoms with Crippen molar-refractivity contribution in [2.45, 2.75) is 44.2 Å². The van der Waals surface area contributed by atoms with Crippen molar-refractivity contribution in [3.63, 3.8) is 0 Å². The van der Waals surface area contributed by atoms with Crippen molar-refractivity contribution in [1.82, 2.24) is 10.3 Å². The van der Waals surface area contributed by atoms with E-state index in [0.29, 0.717) is 54.4 Å². The number of rotatable bonds is 7. The highest BCUT2D eigenvalue weighted by atomic mass is 35.5. The first-order valence-corrected chi connectivity index (χ1v) is 12.1. The Morgan fingerprint density at radius 2 is 2.12 bits per heavy atom. The van der Waals surface area contributed by atoms with Gasteiger partial charge in [0, 0.05) is 64.1 Å². The molecule has 0 spiro atoms. The summed E-state index contributed by atoms with van der Waals surface area (Å²) in [6, 6.07) is 6.95. The first kappa shape index (κ1) is 24.9. The molecule has 1 aromatic heterocycles. The lowest BCUT2D eigenvalue weighted by atomic mass is 9.93. The summed E-state index contributed by atoms with van der Waals surface area (Å²) < 4.78 is 25.8. The molecule has 7 nitrogen and oxygen atoms in total. The molecule has 184 valence electrons. The van der Waals surface area contributed by atoms with Crippen molar-refractivity contribution in [2.24, 2.45) is 5.92 Å². The van der Waals surface area contributed by atoms with Crippen molar-refractivity contribution in [3.05, 3.63) is 41.3 Å². The molecule has 4 rings (SSSR count). The summed E-state index contributed by atoms with van der Waals surface area (Å²) >= 11 is 6.43. The highest BCUT2D eigenvalue weighted by Crippen LogP contribution is 2.33. The third kappa shape index (κ3) is 5.86. The number of amides is 1. The second-order valence-electron chi connectivity index (χ2n) is 9.17. The molecule has 0 saturated carbocycles. The van der Waals surface area contributed by atoms with Crippen LogP contribution < -0.4 is 16.0 Å². The zero-order chi connectivity index (χ0) is 24.1. The molecule has 3 heterocycles. The summed E-state index contributed by atoms with van der Waals surface area (Å²) in [5.41, 5.74) is 1.36. The van der Waals surface area contributed by atoms with Gasteiger partial charge in [-0.05, 0) is 43.5 Å². The topological polar surface area (TPSA) is 84.5 Å². The van der Waals surface area contributed by atoms with E-state index in [9.17, 15) is 9.18 Å². The lowest BCUT2D eigenvalue weighted by Gasteiger charge is -2.36. The van der Waals surface area contributed by atoms with Crippen LogP contribution in [0.15, 0.2) is 30.5 Å². The van der Waals surface area contributed by atoms with Gasteiger partial charge in [-0.2, -0.15) is 0 Å². The molecule has 2 unspecified atom stereocenters. The van der Waals surface area contributed by atoms with Crippen LogP contribution in [-0.2, 0) is 14.3 Å². The molecular weight excluding hydrogens is 459 g/mol. The van der Waals surface area contributed by atoms with E-state index in [1.807, 2.05) is 0 Å². The van der Waals surface area contributed by atoms with Gasteiger partial charge in [-0.1, -0.05) is 17.7 Å². The van der Waals surface area contributed by atoms with Gasteiger partial charge >= 0.3 is 0 Å². The number of hydrogen-bond donors (Lipinski definition) is 3. The summed E-state index contributed by atoms with van der Waals surface area (Å²) in [4.78, 5) is 17.0. The number of hydrogen-bond acceptors (Lipinski definition) is 6. The number of halogens is 2. The fraction of sp³-hybridized carbons (Fsp3) is 0.520. The molecule has 1 amide bonds. The van der Waals surface area contributed by atoms with E-state index in [-0.39, 0.29) is 17.6 Å². The van der Waals surface area contributed by atoms with Gasteiger partial charge in [0.15, 0.2) is 0 Å². The van der Waals surface area contributed by atoms with Crippen LogP contribution >= 0.6 is 11.6 Å². The molecule has 0 bridgehead atoms. The number of nitrogens with zero attached hydrogens (tertiary/aromatic N) is 1. The van der Waals surface area contributed by atoms with Crippen LogP contribution in [0.5, 0.6) is 0 Å². The van der Waals surface area contributed by atoms with Crippen LogP contribution in [0.25, 0.3) is 11.1 Å². The fourth-order valence-corrected chi connectivity index (χ4v) is 4.67. The number of pyridine rings is 1. The Labute approximate surface area is 204 Å². The van der Waals surface area contributed by atoms with E-state index in [4.69, 9.17) is 21.1 Å². The Hall–Kier alpha value is -2.26. The summed E-state index contributed by atoms with van der Waals surface area (Å²) in [7, 11) is 1.68. The van der Waals surface area contributed by atoms with Crippen LogP contribution in [0, 0.1) is 11.7 Å². The number of carbonyl (C=O) groups excluding carboxylic acids is 1. The molecular formula is C25H32ClFN4O3. The minimum absolute atomic E-state index is 0.0667. The Bertz CT molecular complexity index is 1010. The van der Waals surface area contributed by atoms with Crippen LogP contribution in [0.4, 0.5) is 15.9 Å². The molecule has 9 heteroatoms. The summed E-state index contributed by atoms with van der Waals surface area (Å²) in [6.07, 6.45) is 4.79. The Morgan fingerprint density at radius 1 is 1.32 bits per heavy atom. The average molecular weight is 491 g/mol. The monoisotopic (exact) mass is 490 g/mol. The maximum absolute atomic E-state index is 14.6. The second-order valence-corrected chi connectivity index (χ2v) is 9.58. The molecule has 0 aliphatic carbocycles. The predicted molar refractivity (Wildman–Crippen MR) is 132 cm³/mol. The van der Waals surface area contributed by atoms with Gasteiger partial charge < -0.3 is 25.4 Å². The molecule has 34 heavy (non-hydrogen) atoms. The normalized spacial score (nSPS) is 22.2. The maximum Gasteiger partial charge on any atom is 0.229 e. The molecule has 2 atom stereocenters. The number of carbonyl (C=O) groups is 1. The van der Waals surface area contributed by atoms with E-state index < -0.39 is 5.60 Å². The third-order valence-corrected chi connectivity index (χ3v) is 7.15. The summed E-state index contributed by atoms with van der Waals surface area (Å²) in [5, 5.41) is 9.87. The van der Waals surface area contributed by atoms with E-state index in [0.717, 1.165) is 31.2 Å². The van der Waals surface area contributed by atoms with Crippen molar-refractivity contribution in [1.29, 1.82) is 0 Å². The third-order valence-electron chi connectivity index (χ3n) is 6.85. The van der Waals surface area contributed by atoms with Crippen molar-refractivity contribution in [2.75, 3.05) is 44.0 Å². The Kier molecular flexibility index (Phi) is 8.03. The molecule has 2 aliphatic rings. The zero-order valence-electron chi connectivity index (χ0n) is 19.6. The highest BCUT2D eigenvalue weighted by Gasteiger charge is 2.32. The minimum Gasteiger partial charge on any atom is -0.381 e. The molecule has 2 aromatic rings. The van der Waals surface area contributed by atoms with Gasteiger partial charge in [-0.25, -0.2) is 9.37 Å². The van der Waals surface area contributed by atoms with Crippen molar-refractivity contribution in [3.8, 4) is 11.1 Å². The lowest BCUT2D eigenvalue weighted by Crippen LogP contribution is -2.44. The van der Waals surface area contributed by atoms with Gasteiger partial charge in [0.2, 0.25) is 5.91 Å². The summed E-state index contributed by atoms with van der Waals surface area (Å²) in [5.74, 6) is -0.109. The Balaban J connectivity index is 1.49. The van der Waals surface area contributed by atoms with Crippen LogP contribution in [0.1, 0.15) is 32.6 Å². The number of ether oxygens (including phenoxy) is 2. The van der Waals surface area contributed by atoms with E-state index >= 15 is 0 Å². The largest absolute Gasteiger partial charge is 0.381 e.